The monoisotopic (exact) mass is 184 g/mol. The Morgan fingerprint density at radius 2 is 2.17 bits per heavy atom. The number of hydrogen-bond donors (Lipinski definition) is 1. The summed E-state index contributed by atoms with van der Waals surface area (Å²) in [7, 11) is 0. The van der Waals surface area contributed by atoms with Crippen molar-refractivity contribution >= 4 is 11.6 Å². The largest absolute Gasteiger partial charge is 0.324 e. The fourth-order valence-electron chi connectivity index (χ4n) is 0.994. The number of rotatable bonds is 2. The lowest BCUT2D eigenvalue weighted by molar-refractivity contribution is 0.513. The Kier molecular flexibility index (Phi) is 3.06. The average molecular weight is 185 g/mol. The molecule has 0 unspecified atom stereocenters. The topological polar surface area (TPSA) is 38.9 Å². The zero-order valence-electron chi connectivity index (χ0n) is 7.29. The molecule has 1 atom stereocenters. The number of halogens is 1. The summed E-state index contributed by atoms with van der Waals surface area (Å²) in [5.41, 5.74) is 6.84. The Hall–Kier alpha value is -0.600. The van der Waals surface area contributed by atoms with Gasteiger partial charge in [0.2, 0.25) is 0 Å². The minimum Gasteiger partial charge on any atom is -0.324 e. The molecule has 0 fully saturated rings. The van der Waals surface area contributed by atoms with Crippen molar-refractivity contribution in [1.29, 1.82) is 0 Å². The van der Waals surface area contributed by atoms with Gasteiger partial charge in [-0.1, -0.05) is 25.4 Å². The number of nitrogens with zero attached hydrogens (tertiary/aromatic N) is 1. The maximum Gasteiger partial charge on any atom is 0.0484 e. The second kappa shape index (κ2) is 3.87. The van der Waals surface area contributed by atoms with Gasteiger partial charge in [0.1, 0.15) is 0 Å². The summed E-state index contributed by atoms with van der Waals surface area (Å²) in [5.74, 6) is 0.381. The lowest BCUT2D eigenvalue weighted by Crippen LogP contribution is -2.17. The molecule has 66 valence electrons. The highest BCUT2D eigenvalue weighted by Crippen LogP contribution is 2.24. The lowest BCUT2D eigenvalue weighted by Gasteiger charge is -2.16. The molecule has 2 nitrogen and oxygen atoms in total. The highest BCUT2D eigenvalue weighted by molar-refractivity contribution is 6.31. The van der Waals surface area contributed by atoms with Crippen LogP contribution < -0.4 is 5.73 Å². The molecule has 0 aliphatic rings. The molecule has 0 saturated carbocycles. The van der Waals surface area contributed by atoms with E-state index in [-0.39, 0.29) is 6.04 Å². The summed E-state index contributed by atoms with van der Waals surface area (Å²) in [4.78, 5) is 3.98. The van der Waals surface area contributed by atoms with Gasteiger partial charge in [-0.15, -0.1) is 0 Å². The molecule has 0 spiro atoms. The van der Waals surface area contributed by atoms with Crippen molar-refractivity contribution in [3.05, 3.63) is 29.0 Å². The molecule has 1 rings (SSSR count). The molecular weight excluding hydrogens is 172 g/mol. The summed E-state index contributed by atoms with van der Waals surface area (Å²) < 4.78 is 0. The van der Waals surface area contributed by atoms with E-state index in [0.29, 0.717) is 10.9 Å². The number of hydrogen-bond acceptors (Lipinski definition) is 2. The van der Waals surface area contributed by atoms with Gasteiger partial charge in [-0.25, -0.2) is 0 Å². The standard InChI is InChI=1S/C9H13ClN2/c1-6(2)9(11)7-5-12-4-3-8(7)10/h3-6,9H,11H2,1-2H3/t9-/m1/s1. The zero-order valence-corrected chi connectivity index (χ0v) is 8.05. The molecule has 0 aromatic carbocycles. The molecule has 1 aromatic rings. The van der Waals surface area contributed by atoms with Crippen LogP contribution in [0.15, 0.2) is 18.5 Å². The van der Waals surface area contributed by atoms with Gasteiger partial charge in [-0.3, -0.25) is 4.98 Å². The third-order valence-corrected chi connectivity index (χ3v) is 2.22. The molecule has 3 heteroatoms. The van der Waals surface area contributed by atoms with Crippen molar-refractivity contribution in [2.75, 3.05) is 0 Å². The summed E-state index contributed by atoms with van der Waals surface area (Å²) in [6.07, 6.45) is 3.39. The first-order chi connectivity index (χ1) is 5.63. The molecule has 0 saturated heterocycles. The first-order valence-electron chi connectivity index (χ1n) is 3.98. The van der Waals surface area contributed by atoms with Crippen LogP contribution in [0.2, 0.25) is 5.02 Å². The lowest BCUT2D eigenvalue weighted by atomic mass is 9.99. The Balaban J connectivity index is 2.94. The highest BCUT2D eigenvalue weighted by Gasteiger charge is 2.13. The normalized spacial score (nSPS) is 13.4. The van der Waals surface area contributed by atoms with E-state index < -0.39 is 0 Å². The van der Waals surface area contributed by atoms with Gasteiger partial charge < -0.3 is 5.73 Å². The van der Waals surface area contributed by atoms with Crippen molar-refractivity contribution in [1.82, 2.24) is 4.98 Å². The molecule has 0 amide bonds. The van der Waals surface area contributed by atoms with Gasteiger partial charge in [0, 0.05) is 29.0 Å². The maximum absolute atomic E-state index is 5.94. The smallest absolute Gasteiger partial charge is 0.0484 e. The van der Waals surface area contributed by atoms with Crippen LogP contribution in [0.25, 0.3) is 0 Å². The third kappa shape index (κ3) is 1.96. The van der Waals surface area contributed by atoms with Crippen molar-refractivity contribution in [3.8, 4) is 0 Å². The fraction of sp³-hybridized carbons (Fsp3) is 0.444. The van der Waals surface area contributed by atoms with Crippen LogP contribution in [-0.4, -0.2) is 4.98 Å². The molecule has 0 bridgehead atoms. The van der Waals surface area contributed by atoms with E-state index in [1.54, 1.807) is 18.5 Å². The molecule has 1 heterocycles. The van der Waals surface area contributed by atoms with E-state index in [9.17, 15) is 0 Å². The van der Waals surface area contributed by atoms with Crippen LogP contribution in [0, 0.1) is 5.92 Å². The van der Waals surface area contributed by atoms with E-state index in [1.165, 1.54) is 0 Å². The number of aromatic nitrogens is 1. The van der Waals surface area contributed by atoms with E-state index >= 15 is 0 Å². The Morgan fingerprint density at radius 3 is 2.67 bits per heavy atom. The van der Waals surface area contributed by atoms with E-state index in [0.717, 1.165) is 5.56 Å². The minimum absolute atomic E-state index is 0.0220. The molecule has 0 aliphatic heterocycles. The Labute approximate surface area is 77.8 Å². The van der Waals surface area contributed by atoms with Crippen molar-refractivity contribution in [2.45, 2.75) is 19.9 Å². The number of pyridine rings is 1. The van der Waals surface area contributed by atoms with Crippen molar-refractivity contribution in [3.63, 3.8) is 0 Å². The first-order valence-corrected chi connectivity index (χ1v) is 4.35. The molecule has 1 aromatic heterocycles. The molecule has 12 heavy (non-hydrogen) atoms. The van der Waals surface area contributed by atoms with Crippen LogP contribution in [0.4, 0.5) is 0 Å². The Morgan fingerprint density at radius 1 is 1.50 bits per heavy atom. The van der Waals surface area contributed by atoms with Gasteiger partial charge in [0.25, 0.3) is 0 Å². The molecule has 0 aliphatic carbocycles. The average Bonchev–Trinajstić information content (AvgIpc) is 2.04. The molecule has 0 radical (unpaired) electrons. The second-order valence-electron chi connectivity index (χ2n) is 3.17. The van der Waals surface area contributed by atoms with Gasteiger partial charge in [-0.05, 0) is 12.0 Å². The molecule has 2 N–H and O–H groups in total. The highest BCUT2D eigenvalue weighted by atomic mass is 35.5. The minimum atomic E-state index is -0.0220. The SMILES string of the molecule is CC(C)[C@@H](N)c1cnccc1Cl. The van der Waals surface area contributed by atoms with Crippen LogP contribution in [0.3, 0.4) is 0 Å². The van der Waals surface area contributed by atoms with Crippen molar-refractivity contribution < 1.29 is 0 Å². The molecular formula is C9H13ClN2. The second-order valence-corrected chi connectivity index (χ2v) is 3.57. The Bertz CT molecular complexity index is 260. The summed E-state index contributed by atoms with van der Waals surface area (Å²) in [6, 6.07) is 1.74. The first kappa shape index (κ1) is 9.49. The van der Waals surface area contributed by atoms with Gasteiger partial charge in [0.05, 0.1) is 0 Å². The van der Waals surface area contributed by atoms with E-state index in [1.807, 2.05) is 0 Å². The van der Waals surface area contributed by atoms with E-state index in [4.69, 9.17) is 17.3 Å². The third-order valence-electron chi connectivity index (χ3n) is 1.87. The number of nitrogens with two attached hydrogens (primary N) is 1. The summed E-state index contributed by atoms with van der Waals surface area (Å²) in [6.45, 7) is 4.13. The predicted molar refractivity (Wildman–Crippen MR) is 51.0 cm³/mol. The van der Waals surface area contributed by atoms with Crippen LogP contribution >= 0.6 is 11.6 Å². The van der Waals surface area contributed by atoms with Gasteiger partial charge >= 0.3 is 0 Å². The van der Waals surface area contributed by atoms with Gasteiger partial charge in [0.15, 0.2) is 0 Å². The van der Waals surface area contributed by atoms with Crippen LogP contribution in [-0.2, 0) is 0 Å². The fourth-order valence-corrected chi connectivity index (χ4v) is 1.23. The summed E-state index contributed by atoms with van der Waals surface area (Å²) >= 11 is 5.94. The zero-order chi connectivity index (χ0) is 9.14. The summed E-state index contributed by atoms with van der Waals surface area (Å²) in [5, 5.41) is 0.700. The predicted octanol–water partition coefficient (Wildman–Crippen LogP) is 2.39. The van der Waals surface area contributed by atoms with Crippen molar-refractivity contribution in [2.24, 2.45) is 11.7 Å². The van der Waals surface area contributed by atoms with E-state index in [2.05, 4.69) is 18.8 Å². The maximum atomic E-state index is 5.94. The van der Waals surface area contributed by atoms with Crippen LogP contribution in [0.1, 0.15) is 25.5 Å². The quantitative estimate of drug-likeness (QED) is 0.767. The van der Waals surface area contributed by atoms with Crippen LogP contribution in [0.5, 0.6) is 0 Å². The van der Waals surface area contributed by atoms with Gasteiger partial charge in [-0.2, -0.15) is 0 Å².